The van der Waals surface area contributed by atoms with Gasteiger partial charge >= 0.3 is 5.97 Å². The summed E-state index contributed by atoms with van der Waals surface area (Å²) in [7, 11) is 0.0429. The van der Waals surface area contributed by atoms with Gasteiger partial charge in [0.05, 0.1) is 4.90 Å². The summed E-state index contributed by atoms with van der Waals surface area (Å²) in [5.41, 5.74) is 0. The van der Waals surface area contributed by atoms with E-state index in [9.17, 15) is 13.2 Å². The van der Waals surface area contributed by atoms with Crippen molar-refractivity contribution < 1.29 is 18.3 Å². The third-order valence-electron chi connectivity index (χ3n) is 2.09. The summed E-state index contributed by atoms with van der Waals surface area (Å²) in [5, 5.41) is 10.1. The minimum atomic E-state index is -3.65. The number of carboxylic acids is 1. The standard InChI is InChI=1S/C10H16N2O4S2/c1-7(5-12(2)3)11-18(15,16)8-4-9(10(13)14)17-6-8/h4,6-7,11H,5H2,1-3H3,(H,13,14). The molecule has 18 heavy (non-hydrogen) atoms. The van der Waals surface area contributed by atoms with Gasteiger partial charge in [0.15, 0.2) is 0 Å². The summed E-state index contributed by atoms with van der Waals surface area (Å²) in [6.07, 6.45) is 0. The van der Waals surface area contributed by atoms with Gasteiger partial charge in [-0.3, -0.25) is 0 Å². The topological polar surface area (TPSA) is 86.7 Å². The number of aromatic carboxylic acids is 1. The number of carbonyl (C=O) groups is 1. The van der Waals surface area contributed by atoms with Crippen molar-refractivity contribution in [3.05, 3.63) is 16.3 Å². The lowest BCUT2D eigenvalue weighted by Gasteiger charge is -2.17. The van der Waals surface area contributed by atoms with Crippen molar-refractivity contribution in [1.29, 1.82) is 0 Å². The van der Waals surface area contributed by atoms with E-state index in [0.717, 1.165) is 17.4 Å². The Balaban J connectivity index is 2.82. The van der Waals surface area contributed by atoms with Crippen LogP contribution in [0.25, 0.3) is 0 Å². The second-order valence-corrected chi connectivity index (χ2v) is 6.86. The summed E-state index contributed by atoms with van der Waals surface area (Å²) >= 11 is 0.896. The maximum atomic E-state index is 11.9. The van der Waals surface area contributed by atoms with E-state index in [0.29, 0.717) is 6.54 Å². The Labute approximate surface area is 110 Å². The van der Waals surface area contributed by atoms with Gasteiger partial charge in [-0.15, -0.1) is 11.3 Å². The zero-order valence-corrected chi connectivity index (χ0v) is 12.0. The number of hydrogen-bond donors (Lipinski definition) is 2. The van der Waals surface area contributed by atoms with Crippen LogP contribution in [-0.2, 0) is 10.0 Å². The quantitative estimate of drug-likeness (QED) is 0.805. The highest BCUT2D eigenvalue weighted by molar-refractivity contribution is 7.89. The molecule has 0 saturated carbocycles. The van der Waals surface area contributed by atoms with Gasteiger partial charge in [-0.05, 0) is 27.1 Å². The maximum absolute atomic E-state index is 11.9. The second kappa shape index (κ2) is 5.79. The molecule has 1 rings (SSSR count). The van der Waals surface area contributed by atoms with Gasteiger partial charge in [0.25, 0.3) is 0 Å². The van der Waals surface area contributed by atoms with Crippen LogP contribution in [0.3, 0.4) is 0 Å². The fraction of sp³-hybridized carbons (Fsp3) is 0.500. The molecule has 0 aliphatic carbocycles. The Morgan fingerprint density at radius 3 is 2.61 bits per heavy atom. The van der Waals surface area contributed by atoms with Crippen LogP contribution in [0.2, 0.25) is 0 Å². The van der Waals surface area contributed by atoms with Crippen LogP contribution in [-0.4, -0.2) is 51.1 Å². The number of nitrogens with one attached hydrogen (secondary N) is 1. The lowest BCUT2D eigenvalue weighted by Crippen LogP contribution is -2.39. The summed E-state index contributed by atoms with van der Waals surface area (Å²) in [4.78, 5) is 12.6. The summed E-state index contributed by atoms with van der Waals surface area (Å²) in [6, 6.07) is 0.913. The van der Waals surface area contributed by atoms with E-state index in [1.54, 1.807) is 6.92 Å². The average Bonchev–Trinajstić information content (AvgIpc) is 2.63. The molecule has 0 amide bonds. The first kappa shape index (κ1) is 15.1. The highest BCUT2D eigenvalue weighted by Gasteiger charge is 2.20. The summed E-state index contributed by atoms with van der Waals surface area (Å²) in [6.45, 7) is 2.32. The molecule has 0 bridgehead atoms. The fourth-order valence-electron chi connectivity index (χ4n) is 1.49. The van der Waals surface area contributed by atoms with Crippen LogP contribution < -0.4 is 4.72 Å². The van der Waals surface area contributed by atoms with Crippen molar-refractivity contribution >= 4 is 27.3 Å². The van der Waals surface area contributed by atoms with Crippen LogP contribution in [0, 0.1) is 0 Å². The van der Waals surface area contributed by atoms with Gasteiger partial charge in [-0.2, -0.15) is 0 Å². The minimum absolute atomic E-state index is 0.00416. The molecule has 1 atom stereocenters. The molecule has 2 N–H and O–H groups in total. The van der Waals surface area contributed by atoms with E-state index in [2.05, 4.69) is 4.72 Å². The van der Waals surface area contributed by atoms with Gasteiger partial charge in [0, 0.05) is 18.0 Å². The van der Waals surface area contributed by atoms with Crippen molar-refractivity contribution in [2.75, 3.05) is 20.6 Å². The lowest BCUT2D eigenvalue weighted by atomic mass is 10.3. The van der Waals surface area contributed by atoms with Gasteiger partial charge in [-0.25, -0.2) is 17.9 Å². The van der Waals surface area contributed by atoms with Crippen molar-refractivity contribution in [1.82, 2.24) is 9.62 Å². The fourth-order valence-corrected chi connectivity index (χ4v) is 3.84. The zero-order chi connectivity index (χ0) is 13.9. The molecule has 0 saturated heterocycles. The molecule has 1 aromatic rings. The Hall–Kier alpha value is -0.960. The molecule has 0 aliphatic heterocycles. The molecule has 0 fully saturated rings. The zero-order valence-electron chi connectivity index (χ0n) is 10.4. The Morgan fingerprint density at radius 2 is 2.17 bits per heavy atom. The number of sulfonamides is 1. The second-order valence-electron chi connectivity index (χ2n) is 4.24. The molecular weight excluding hydrogens is 276 g/mol. The molecule has 6 nitrogen and oxygen atoms in total. The van der Waals surface area contributed by atoms with E-state index in [-0.39, 0.29) is 15.8 Å². The number of rotatable bonds is 6. The van der Waals surface area contributed by atoms with Crippen molar-refractivity contribution in [3.8, 4) is 0 Å². The molecule has 102 valence electrons. The predicted octanol–water partition coefficient (Wildman–Crippen LogP) is 0.675. The first-order valence-corrected chi connectivity index (χ1v) is 7.57. The van der Waals surface area contributed by atoms with Crippen molar-refractivity contribution in [3.63, 3.8) is 0 Å². The highest BCUT2D eigenvalue weighted by atomic mass is 32.2. The number of hydrogen-bond acceptors (Lipinski definition) is 5. The highest BCUT2D eigenvalue weighted by Crippen LogP contribution is 2.19. The molecule has 0 aromatic carbocycles. The Morgan fingerprint density at radius 1 is 1.56 bits per heavy atom. The third kappa shape index (κ3) is 4.05. The van der Waals surface area contributed by atoms with Gasteiger partial charge < -0.3 is 10.0 Å². The number of likely N-dealkylation sites (N-methyl/N-ethyl adjacent to an activating group) is 1. The van der Waals surface area contributed by atoms with Crippen molar-refractivity contribution in [2.45, 2.75) is 17.9 Å². The molecule has 1 unspecified atom stereocenters. The van der Waals surface area contributed by atoms with Crippen LogP contribution in [0.5, 0.6) is 0 Å². The normalized spacial score (nSPS) is 13.8. The molecule has 8 heteroatoms. The van der Waals surface area contributed by atoms with Gasteiger partial charge in [0.1, 0.15) is 4.88 Å². The number of nitrogens with zero attached hydrogens (tertiary/aromatic N) is 1. The van der Waals surface area contributed by atoms with E-state index in [4.69, 9.17) is 5.11 Å². The van der Waals surface area contributed by atoms with E-state index >= 15 is 0 Å². The Bertz CT molecular complexity index is 522. The molecule has 0 spiro atoms. The maximum Gasteiger partial charge on any atom is 0.345 e. The predicted molar refractivity (Wildman–Crippen MR) is 69.6 cm³/mol. The van der Waals surface area contributed by atoms with Crippen molar-refractivity contribution in [2.24, 2.45) is 0 Å². The molecular formula is C10H16N2O4S2. The summed E-state index contributed by atoms with van der Waals surface area (Å²) in [5.74, 6) is -1.12. The minimum Gasteiger partial charge on any atom is -0.477 e. The molecule has 1 aromatic heterocycles. The average molecular weight is 292 g/mol. The van der Waals surface area contributed by atoms with Gasteiger partial charge in [0.2, 0.25) is 10.0 Å². The molecule has 1 heterocycles. The van der Waals surface area contributed by atoms with Crippen LogP contribution in [0.15, 0.2) is 16.3 Å². The first-order valence-electron chi connectivity index (χ1n) is 5.21. The smallest absolute Gasteiger partial charge is 0.345 e. The SMILES string of the molecule is CC(CN(C)C)NS(=O)(=O)c1csc(C(=O)O)c1. The van der Waals surface area contributed by atoms with Gasteiger partial charge in [-0.1, -0.05) is 0 Å². The van der Waals surface area contributed by atoms with E-state index < -0.39 is 16.0 Å². The molecule has 0 radical (unpaired) electrons. The number of thiophene rings is 1. The monoisotopic (exact) mass is 292 g/mol. The molecule has 0 aliphatic rings. The van der Waals surface area contributed by atoms with Crippen LogP contribution in [0.4, 0.5) is 0 Å². The van der Waals surface area contributed by atoms with E-state index in [1.807, 2.05) is 19.0 Å². The van der Waals surface area contributed by atoms with Crippen LogP contribution >= 0.6 is 11.3 Å². The summed E-state index contributed by atoms with van der Waals surface area (Å²) < 4.78 is 26.4. The van der Waals surface area contributed by atoms with Crippen LogP contribution in [0.1, 0.15) is 16.6 Å². The third-order valence-corrected chi connectivity index (χ3v) is 4.73. The lowest BCUT2D eigenvalue weighted by molar-refractivity contribution is 0.0702. The number of carboxylic acid groups (broad SMARTS) is 1. The first-order chi connectivity index (χ1) is 8.22. The Kier molecular flexibility index (Phi) is 4.85. The van der Waals surface area contributed by atoms with E-state index in [1.165, 1.54) is 5.38 Å². The largest absolute Gasteiger partial charge is 0.477 e.